The molecule has 0 bridgehead atoms. The Morgan fingerprint density at radius 1 is 1.44 bits per heavy atom. The lowest BCUT2D eigenvalue weighted by atomic mass is 10.0. The van der Waals surface area contributed by atoms with Crippen LogP contribution in [0.25, 0.3) is 0 Å². The molecule has 0 saturated carbocycles. The molecular formula is C11H17N3O2. The Morgan fingerprint density at radius 2 is 2.06 bits per heavy atom. The molecular weight excluding hydrogens is 206 g/mol. The molecule has 0 spiro atoms. The summed E-state index contributed by atoms with van der Waals surface area (Å²) >= 11 is 0. The molecule has 1 rings (SSSR count). The smallest absolute Gasteiger partial charge is 0.242 e. The molecule has 0 atom stereocenters. The minimum absolute atomic E-state index is 0.428. The SMILES string of the molecule is COc1cc(NC(C)(C)C(N)=O)ccc1N. The summed E-state index contributed by atoms with van der Waals surface area (Å²) in [5.41, 5.74) is 11.4. The first-order chi connectivity index (χ1) is 7.36. The van der Waals surface area contributed by atoms with Crippen molar-refractivity contribution in [2.24, 2.45) is 5.73 Å². The van der Waals surface area contributed by atoms with Crippen LogP contribution in [0.15, 0.2) is 18.2 Å². The van der Waals surface area contributed by atoms with Crippen molar-refractivity contribution in [3.05, 3.63) is 18.2 Å². The van der Waals surface area contributed by atoms with E-state index in [9.17, 15) is 4.79 Å². The summed E-state index contributed by atoms with van der Waals surface area (Å²) in [6.07, 6.45) is 0. The summed E-state index contributed by atoms with van der Waals surface area (Å²) in [7, 11) is 1.54. The van der Waals surface area contributed by atoms with Crippen molar-refractivity contribution in [1.82, 2.24) is 0 Å². The zero-order valence-corrected chi connectivity index (χ0v) is 9.70. The number of benzene rings is 1. The van der Waals surface area contributed by atoms with Gasteiger partial charge in [0, 0.05) is 11.8 Å². The van der Waals surface area contributed by atoms with E-state index in [1.165, 1.54) is 7.11 Å². The third-order valence-corrected chi connectivity index (χ3v) is 2.31. The average molecular weight is 223 g/mol. The summed E-state index contributed by atoms with van der Waals surface area (Å²) in [5.74, 6) is 0.133. The van der Waals surface area contributed by atoms with Gasteiger partial charge in [0.25, 0.3) is 0 Å². The van der Waals surface area contributed by atoms with Gasteiger partial charge in [0.05, 0.1) is 12.8 Å². The third-order valence-electron chi connectivity index (χ3n) is 2.31. The van der Waals surface area contributed by atoms with Gasteiger partial charge in [-0.3, -0.25) is 4.79 Å². The number of anilines is 2. The molecule has 16 heavy (non-hydrogen) atoms. The number of amides is 1. The number of nitrogen functional groups attached to an aromatic ring is 1. The van der Waals surface area contributed by atoms with Crippen molar-refractivity contribution in [3.8, 4) is 5.75 Å². The van der Waals surface area contributed by atoms with Crippen molar-refractivity contribution in [2.45, 2.75) is 19.4 Å². The number of nitrogens with two attached hydrogens (primary N) is 2. The van der Waals surface area contributed by atoms with Crippen LogP contribution in [0.5, 0.6) is 5.75 Å². The lowest BCUT2D eigenvalue weighted by molar-refractivity contribution is -0.121. The molecule has 0 saturated heterocycles. The first-order valence-corrected chi connectivity index (χ1v) is 4.88. The fourth-order valence-electron chi connectivity index (χ4n) is 1.21. The molecule has 0 heterocycles. The van der Waals surface area contributed by atoms with E-state index < -0.39 is 11.4 Å². The second-order valence-electron chi connectivity index (χ2n) is 4.07. The molecule has 0 aliphatic rings. The molecule has 0 fully saturated rings. The molecule has 1 aromatic rings. The number of hydrogen-bond acceptors (Lipinski definition) is 4. The summed E-state index contributed by atoms with van der Waals surface area (Å²) in [4.78, 5) is 11.2. The van der Waals surface area contributed by atoms with Gasteiger partial charge in [0.1, 0.15) is 11.3 Å². The second kappa shape index (κ2) is 4.30. The van der Waals surface area contributed by atoms with Gasteiger partial charge in [-0.05, 0) is 26.0 Å². The molecule has 0 radical (unpaired) electrons. The lowest BCUT2D eigenvalue weighted by Crippen LogP contribution is -2.45. The molecule has 1 amide bonds. The minimum atomic E-state index is -0.818. The van der Waals surface area contributed by atoms with E-state index in [4.69, 9.17) is 16.2 Å². The molecule has 5 heteroatoms. The fourth-order valence-corrected chi connectivity index (χ4v) is 1.21. The Morgan fingerprint density at radius 3 is 2.56 bits per heavy atom. The highest BCUT2D eigenvalue weighted by Gasteiger charge is 2.24. The van der Waals surface area contributed by atoms with Gasteiger partial charge in [-0.15, -0.1) is 0 Å². The molecule has 0 aliphatic carbocycles. The lowest BCUT2D eigenvalue weighted by Gasteiger charge is -2.24. The van der Waals surface area contributed by atoms with Crippen LogP contribution in [0.1, 0.15) is 13.8 Å². The normalized spacial score (nSPS) is 10.9. The van der Waals surface area contributed by atoms with Gasteiger partial charge in [-0.1, -0.05) is 0 Å². The fraction of sp³-hybridized carbons (Fsp3) is 0.364. The van der Waals surface area contributed by atoms with Gasteiger partial charge in [-0.2, -0.15) is 0 Å². The highest BCUT2D eigenvalue weighted by atomic mass is 16.5. The summed E-state index contributed by atoms with van der Waals surface area (Å²) in [6.45, 7) is 3.41. The third kappa shape index (κ3) is 2.56. The predicted octanol–water partition coefficient (Wildman–Crippen LogP) is 0.953. The zero-order chi connectivity index (χ0) is 12.3. The average Bonchev–Trinajstić information content (AvgIpc) is 2.20. The van der Waals surface area contributed by atoms with Gasteiger partial charge >= 0.3 is 0 Å². The topological polar surface area (TPSA) is 90.4 Å². The summed E-state index contributed by atoms with van der Waals surface area (Å²) < 4.78 is 5.08. The number of hydrogen-bond donors (Lipinski definition) is 3. The van der Waals surface area contributed by atoms with Crippen LogP contribution < -0.4 is 21.5 Å². The van der Waals surface area contributed by atoms with Gasteiger partial charge in [0.15, 0.2) is 0 Å². The molecule has 88 valence electrons. The van der Waals surface area contributed by atoms with E-state index >= 15 is 0 Å². The van der Waals surface area contributed by atoms with E-state index in [0.717, 1.165) is 5.69 Å². The molecule has 0 unspecified atom stereocenters. The number of rotatable bonds is 4. The van der Waals surface area contributed by atoms with E-state index in [0.29, 0.717) is 11.4 Å². The minimum Gasteiger partial charge on any atom is -0.495 e. The second-order valence-corrected chi connectivity index (χ2v) is 4.07. The standard InChI is InChI=1S/C11H17N3O2/c1-11(2,10(13)15)14-7-4-5-8(12)9(6-7)16-3/h4-6,14H,12H2,1-3H3,(H2,13,15). The molecule has 1 aromatic carbocycles. The Hall–Kier alpha value is -1.91. The number of primary amides is 1. The number of methoxy groups -OCH3 is 1. The first kappa shape index (κ1) is 12.2. The first-order valence-electron chi connectivity index (χ1n) is 4.88. The molecule has 0 aromatic heterocycles. The molecule has 5 nitrogen and oxygen atoms in total. The van der Waals surface area contributed by atoms with E-state index in [1.807, 2.05) is 0 Å². The van der Waals surface area contributed by atoms with Crippen LogP contribution in [0.2, 0.25) is 0 Å². The molecule has 5 N–H and O–H groups in total. The maximum Gasteiger partial charge on any atom is 0.242 e. The quantitative estimate of drug-likeness (QED) is 0.663. The van der Waals surface area contributed by atoms with Gasteiger partial charge in [-0.25, -0.2) is 0 Å². The highest BCUT2D eigenvalue weighted by Crippen LogP contribution is 2.26. The number of nitrogens with one attached hydrogen (secondary N) is 1. The Labute approximate surface area is 94.8 Å². The van der Waals surface area contributed by atoms with Gasteiger partial charge < -0.3 is 21.5 Å². The Balaban J connectivity index is 2.94. The van der Waals surface area contributed by atoms with Crippen LogP contribution in [-0.2, 0) is 4.79 Å². The zero-order valence-electron chi connectivity index (χ0n) is 9.70. The van der Waals surface area contributed by atoms with E-state index in [1.54, 1.807) is 32.0 Å². The van der Waals surface area contributed by atoms with Crippen LogP contribution in [-0.4, -0.2) is 18.6 Å². The van der Waals surface area contributed by atoms with Crippen LogP contribution in [0.3, 0.4) is 0 Å². The molecule has 0 aliphatic heterocycles. The van der Waals surface area contributed by atoms with Crippen molar-refractivity contribution in [2.75, 3.05) is 18.2 Å². The highest BCUT2D eigenvalue weighted by molar-refractivity contribution is 5.87. The summed E-state index contributed by atoms with van der Waals surface area (Å²) in [5, 5.41) is 3.01. The van der Waals surface area contributed by atoms with Gasteiger partial charge in [0.2, 0.25) is 5.91 Å². The van der Waals surface area contributed by atoms with E-state index in [-0.39, 0.29) is 0 Å². The number of ether oxygens (including phenoxy) is 1. The monoisotopic (exact) mass is 223 g/mol. The van der Waals surface area contributed by atoms with Crippen LogP contribution in [0.4, 0.5) is 11.4 Å². The van der Waals surface area contributed by atoms with Crippen molar-refractivity contribution in [1.29, 1.82) is 0 Å². The van der Waals surface area contributed by atoms with Crippen molar-refractivity contribution < 1.29 is 9.53 Å². The van der Waals surface area contributed by atoms with Crippen molar-refractivity contribution >= 4 is 17.3 Å². The largest absolute Gasteiger partial charge is 0.495 e. The Kier molecular flexibility index (Phi) is 3.27. The Bertz CT molecular complexity index is 402. The van der Waals surface area contributed by atoms with E-state index in [2.05, 4.69) is 5.32 Å². The van der Waals surface area contributed by atoms with Crippen molar-refractivity contribution in [3.63, 3.8) is 0 Å². The summed E-state index contributed by atoms with van der Waals surface area (Å²) in [6, 6.07) is 5.20. The maximum atomic E-state index is 11.2. The number of carbonyl (C=O) groups is 1. The van der Waals surface area contributed by atoms with Crippen LogP contribution >= 0.6 is 0 Å². The van der Waals surface area contributed by atoms with Crippen LogP contribution in [0, 0.1) is 0 Å². The predicted molar refractivity (Wildman–Crippen MR) is 64.3 cm³/mol. The maximum absolute atomic E-state index is 11.2. The number of carbonyl (C=O) groups excluding carboxylic acids is 1.